The van der Waals surface area contributed by atoms with E-state index in [2.05, 4.69) is 21.4 Å². The fourth-order valence-electron chi connectivity index (χ4n) is 6.13. The Kier molecular flexibility index (Phi) is 6.85. The van der Waals surface area contributed by atoms with Crippen LogP contribution in [0.5, 0.6) is 0 Å². The second kappa shape index (κ2) is 10.4. The Hall–Kier alpha value is -4.11. The molecular formula is C31H30ClFN6O2. The SMILES string of the molecule is C=CC(=O)N1C[C@@H]2CC[C@H]1CN2c1nc(=O)n(-c2c(C)ccnc2C(C)C)c2nc(-c3ccccc3F)c(Cl)cc12. The molecule has 4 aromatic rings. The summed E-state index contributed by atoms with van der Waals surface area (Å²) in [6.07, 6.45) is 4.78. The van der Waals surface area contributed by atoms with Gasteiger partial charge in [0, 0.05) is 36.9 Å². The minimum atomic E-state index is -0.514. The molecule has 210 valence electrons. The fourth-order valence-corrected chi connectivity index (χ4v) is 6.38. The van der Waals surface area contributed by atoms with Gasteiger partial charge >= 0.3 is 5.69 Å². The number of hydrogen-bond donors (Lipinski definition) is 0. The quantitative estimate of drug-likeness (QED) is 0.296. The fraction of sp³-hybridized carbons (Fsp3) is 0.323. The Morgan fingerprint density at radius 2 is 1.90 bits per heavy atom. The number of halogens is 2. The summed E-state index contributed by atoms with van der Waals surface area (Å²) < 4.78 is 16.4. The first-order valence-electron chi connectivity index (χ1n) is 13.7. The molecule has 0 unspecified atom stereocenters. The van der Waals surface area contributed by atoms with Gasteiger partial charge in [-0.1, -0.05) is 44.2 Å². The first-order valence-corrected chi connectivity index (χ1v) is 14.1. The van der Waals surface area contributed by atoms with Crippen molar-refractivity contribution in [3.63, 3.8) is 0 Å². The van der Waals surface area contributed by atoms with E-state index < -0.39 is 11.5 Å². The molecule has 3 aliphatic heterocycles. The highest BCUT2D eigenvalue weighted by molar-refractivity contribution is 6.33. The van der Waals surface area contributed by atoms with Gasteiger partial charge in [-0.25, -0.2) is 18.7 Å². The molecule has 2 bridgehead atoms. The summed E-state index contributed by atoms with van der Waals surface area (Å²) in [5, 5.41) is 0.815. The van der Waals surface area contributed by atoms with E-state index in [9.17, 15) is 14.0 Å². The molecule has 3 saturated heterocycles. The van der Waals surface area contributed by atoms with E-state index in [1.807, 2.05) is 31.7 Å². The Bertz CT molecular complexity index is 1770. The second-order valence-corrected chi connectivity index (χ2v) is 11.4. The Labute approximate surface area is 242 Å². The van der Waals surface area contributed by atoms with Crippen LogP contribution in [0.25, 0.3) is 28.0 Å². The summed E-state index contributed by atoms with van der Waals surface area (Å²) in [6, 6.07) is 9.79. The van der Waals surface area contributed by atoms with Crippen LogP contribution in [0.4, 0.5) is 10.2 Å². The van der Waals surface area contributed by atoms with Gasteiger partial charge in [0.1, 0.15) is 11.6 Å². The van der Waals surface area contributed by atoms with Gasteiger partial charge < -0.3 is 9.80 Å². The van der Waals surface area contributed by atoms with E-state index in [1.165, 1.54) is 16.7 Å². The first-order chi connectivity index (χ1) is 19.7. The second-order valence-electron chi connectivity index (χ2n) is 11.0. The number of amides is 1. The highest BCUT2D eigenvalue weighted by atomic mass is 35.5. The van der Waals surface area contributed by atoms with Crippen LogP contribution in [-0.2, 0) is 4.79 Å². The third-order valence-corrected chi connectivity index (χ3v) is 8.40. The predicted molar refractivity (Wildman–Crippen MR) is 158 cm³/mol. The van der Waals surface area contributed by atoms with Gasteiger partial charge in [0.25, 0.3) is 0 Å². The molecule has 0 spiro atoms. The lowest BCUT2D eigenvalue weighted by Gasteiger charge is -2.51. The summed E-state index contributed by atoms with van der Waals surface area (Å²) in [5.74, 6) is -0.0925. The van der Waals surface area contributed by atoms with Crippen molar-refractivity contribution in [1.82, 2.24) is 24.4 Å². The van der Waals surface area contributed by atoms with Gasteiger partial charge in [-0.3, -0.25) is 9.78 Å². The van der Waals surface area contributed by atoms with Crippen molar-refractivity contribution in [3.8, 4) is 16.9 Å². The number of piperazine rings is 1. The van der Waals surface area contributed by atoms with Crippen molar-refractivity contribution < 1.29 is 9.18 Å². The average molecular weight is 573 g/mol. The largest absolute Gasteiger partial charge is 0.355 e. The number of hydrogen-bond acceptors (Lipinski definition) is 6. The molecule has 0 N–H and O–H groups in total. The van der Waals surface area contributed by atoms with Crippen LogP contribution in [0.2, 0.25) is 5.02 Å². The molecule has 6 heterocycles. The summed E-state index contributed by atoms with van der Waals surface area (Å²) in [6.45, 7) is 10.6. The molecule has 41 heavy (non-hydrogen) atoms. The summed E-state index contributed by atoms with van der Waals surface area (Å²) in [5.41, 5.74) is 2.44. The number of anilines is 1. The maximum Gasteiger partial charge on any atom is 0.355 e. The summed E-state index contributed by atoms with van der Waals surface area (Å²) >= 11 is 6.80. The van der Waals surface area contributed by atoms with Crippen molar-refractivity contribution >= 4 is 34.4 Å². The maximum absolute atomic E-state index is 15.0. The van der Waals surface area contributed by atoms with Crippen molar-refractivity contribution in [1.29, 1.82) is 0 Å². The number of carbonyl (C=O) groups is 1. The van der Waals surface area contributed by atoms with E-state index in [1.54, 1.807) is 30.5 Å². The molecule has 0 radical (unpaired) electrons. The molecule has 1 aromatic carbocycles. The smallest absolute Gasteiger partial charge is 0.349 e. The Morgan fingerprint density at radius 3 is 2.59 bits per heavy atom. The maximum atomic E-state index is 15.0. The van der Waals surface area contributed by atoms with E-state index in [-0.39, 0.29) is 40.2 Å². The monoisotopic (exact) mass is 572 g/mol. The minimum absolute atomic E-state index is 0.0103. The molecule has 3 fully saturated rings. The number of nitrogens with zero attached hydrogens (tertiary/aromatic N) is 6. The number of aromatic nitrogens is 4. The average Bonchev–Trinajstić information content (AvgIpc) is 2.97. The molecule has 1 amide bonds. The van der Waals surface area contributed by atoms with E-state index in [0.29, 0.717) is 35.6 Å². The standard InChI is InChI=1S/C31H30ClFN6O2/c1-5-25(40)37-15-20-11-10-19(37)16-38(20)29-22-14-23(32)27(21-8-6-7-9-24(21)33)35-30(22)39(31(41)36-29)28-18(4)12-13-34-26(28)17(2)3/h5-9,12-14,17,19-20H,1,10-11,15-16H2,2-4H3/t19-,20-/m0/s1. The zero-order valence-electron chi connectivity index (χ0n) is 23.1. The van der Waals surface area contributed by atoms with E-state index in [4.69, 9.17) is 16.6 Å². The number of pyridine rings is 2. The molecule has 3 aromatic heterocycles. The molecule has 2 atom stereocenters. The number of rotatable bonds is 5. The first kappa shape index (κ1) is 27.1. The van der Waals surface area contributed by atoms with Gasteiger partial charge in [0.05, 0.1) is 27.5 Å². The van der Waals surface area contributed by atoms with Gasteiger partial charge in [-0.2, -0.15) is 4.98 Å². The molecule has 0 aliphatic carbocycles. The zero-order valence-corrected chi connectivity index (χ0v) is 23.9. The zero-order chi connectivity index (χ0) is 29.0. The van der Waals surface area contributed by atoms with Crippen molar-refractivity contribution in [3.05, 3.63) is 87.8 Å². The third kappa shape index (κ3) is 4.48. The molecule has 8 nitrogen and oxygen atoms in total. The lowest BCUT2D eigenvalue weighted by Crippen LogP contribution is -2.64. The van der Waals surface area contributed by atoms with Crippen molar-refractivity contribution in [2.24, 2.45) is 0 Å². The van der Waals surface area contributed by atoms with Crippen molar-refractivity contribution in [2.75, 3.05) is 18.0 Å². The van der Waals surface area contributed by atoms with Crippen LogP contribution in [0.15, 0.2) is 60.0 Å². The van der Waals surface area contributed by atoms with Crippen LogP contribution in [0, 0.1) is 12.7 Å². The third-order valence-electron chi connectivity index (χ3n) is 8.11. The topological polar surface area (TPSA) is 84.2 Å². The van der Waals surface area contributed by atoms with Gasteiger partial charge in [-0.15, -0.1) is 0 Å². The predicted octanol–water partition coefficient (Wildman–Crippen LogP) is 5.43. The molecular weight excluding hydrogens is 543 g/mol. The minimum Gasteiger partial charge on any atom is -0.349 e. The Balaban J connectivity index is 1.63. The molecule has 3 aliphatic rings. The van der Waals surface area contributed by atoms with Crippen LogP contribution in [-0.4, -0.2) is 55.5 Å². The number of aryl methyl sites for hydroxylation is 1. The van der Waals surface area contributed by atoms with Crippen LogP contribution in [0.1, 0.15) is 43.9 Å². The van der Waals surface area contributed by atoms with Gasteiger partial charge in [0.2, 0.25) is 5.91 Å². The number of piperidine rings is 2. The number of benzene rings is 1. The van der Waals surface area contributed by atoms with Crippen LogP contribution >= 0.6 is 11.6 Å². The van der Waals surface area contributed by atoms with E-state index in [0.717, 1.165) is 24.1 Å². The number of fused-ring (bicyclic) bond motifs is 4. The highest BCUT2D eigenvalue weighted by Crippen LogP contribution is 2.38. The lowest BCUT2D eigenvalue weighted by molar-refractivity contribution is -0.131. The summed E-state index contributed by atoms with van der Waals surface area (Å²) in [4.78, 5) is 44.5. The molecule has 7 rings (SSSR count). The molecule has 10 heteroatoms. The highest BCUT2D eigenvalue weighted by Gasteiger charge is 2.42. The normalized spacial score (nSPS) is 18.4. The molecule has 0 saturated carbocycles. The van der Waals surface area contributed by atoms with E-state index >= 15 is 0 Å². The van der Waals surface area contributed by atoms with Gasteiger partial charge in [-0.05, 0) is 61.6 Å². The summed E-state index contributed by atoms with van der Waals surface area (Å²) in [7, 11) is 0. The van der Waals surface area contributed by atoms with Crippen LogP contribution < -0.4 is 10.6 Å². The lowest BCUT2D eigenvalue weighted by atomic mass is 9.90. The van der Waals surface area contributed by atoms with Crippen molar-refractivity contribution in [2.45, 2.75) is 51.6 Å². The number of carbonyl (C=O) groups excluding carboxylic acids is 1. The van der Waals surface area contributed by atoms with Crippen LogP contribution in [0.3, 0.4) is 0 Å². The van der Waals surface area contributed by atoms with Gasteiger partial charge in [0.15, 0.2) is 5.65 Å². The Morgan fingerprint density at radius 1 is 1.15 bits per heavy atom.